The minimum absolute atomic E-state index is 0.262. The van der Waals surface area contributed by atoms with Gasteiger partial charge in [-0.15, -0.1) is 0 Å². The van der Waals surface area contributed by atoms with Crippen molar-refractivity contribution in [3.8, 4) is 5.75 Å². The smallest absolute Gasteiger partial charge is 0.363 e. The van der Waals surface area contributed by atoms with Crippen LogP contribution < -0.4 is 4.74 Å². The van der Waals surface area contributed by atoms with Crippen LogP contribution in [0.4, 0.5) is 0 Å². The molecular weight excluding hydrogens is 393 g/mol. The highest BCUT2D eigenvalue weighted by Crippen LogP contribution is 2.24. The molecule has 0 atom stereocenters. The van der Waals surface area contributed by atoms with E-state index in [-0.39, 0.29) is 5.70 Å². The van der Waals surface area contributed by atoms with E-state index in [0.717, 1.165) is 14.7 Å². The molecule has 4 nitrogen and oxygen atoms in total. The molecule has 0 N–H and O–H groups in total. The van der Waals surface area contributed by atoms with Crippen LogP contribution in [-0.4, -0.2) is 19.0 Å². The van der Waals surface area contributed by atoms with Gasteiger partial charge in [0.15, 0.2) is 5.70 Å². The molecule has 2 aromatic rings. The largest absolute Gasteiger partial charge is 0.496 e. The molecule has 0 aliphatic carbocycles. The molecule has 1 aliphatic rings. The summed E-state index contributed by atoms with van der Waals surface area (Å²) in [6.07, 6.45) is 1.67. The first-order chi connectivity index (χ1) is 10.7. The fourth-order valence-corrected chi connectivity index (χ4v) is 2.42. The average Bonchev–Trinajstić information content (AvgIpc) is 2.89. The third kappa shape index (κ3) is 3.04. The number of ether oxygens (including phenoxy) is 2. The van der Waals surface area contributed by atoms with Crippen LogP contribution >= 0.6 is 22.6 Å². The Morgan fingerprint density at radius 2 is 1.86 bits per heavy atom. The number of aliphatic imine (C=N–C) groups is 1. The van der Waals surface area contributed by atoms with Crippen molar-refractivity contribution in [3.05, 3.63) is 68.9 Å². The zero-order valence-corrected chi connectivity index (χ0v) is 13.9. The van der Waals surface area contributed by atoms with E-state index in [4.69, 9.17) is 9.47 Å². The topological polar surface area (TPSA) is 47.9 Å². The Bertz CT molecular complexity index is 779. The highest BCUT2D eigenvalue weighted by Gasteiger charge is 2.24. The van der Waals surface area contributed by atoms with E-state index in [1.54, 1.807) is 13.2 Å². The van der Waals surface area contributed by atoms with Gasteiger partial charge in [0.25, 0.3) is 0 Å². The molecule has 110 valence electrons. The van der Waals surface area contributed by atoms with E-state index in [9.17, 15) is 4.79 Å². The fraction of sp³-hybridized carbons (Fsp3) is 0.0588. The van der Waals surface area contributed by atoms with Crippen molar-refractivity contribution in [3.63, 3.8) is 0 Å². The van der Waals surface area contributed by atoms with Crippen LogP contribution in [0.3, 0.4) is 0 Å². The number of hydrogen-bond donors (Lipinski definition) is 0. The number of esters is 1. The molecule has 2 aromatic carbocycles. The molecule has 0 unspecified atom stereocenters. The zero-order valence-electron chi connectivity index (χ0n) is 11.7. The minimum atomic E-state index is -0.459. The first kappa shape index (κ1) is 14.8. The van der Waals surface area contributed by atoms with Crippen LogP contribution in [0.2, 0.25) is 0 Å². The Morgan fingerprint density at radius 1 is 1.14 bits per heavy atom. The van der Waals surface area contributed by atoms with Crippen LogP contribution in [0.15, 0.2) is 59.2 Å². The molecule has 0 amide bonds. The Morgan fingerprint density at radius 3 is 2.59 bits per heavy atom. The summed E-state index contributed by atoms with van der Waals surface area (Å²) >= 11 is 2.22. The lowest BCUT2D eigenvalue weighted by Gasteiger charge is -2.03. The minimum Gasteiger partial charge on any atom is -0.496 e. The van der Waals surface area contributed by atoms with Gasteiger partial charge >= 0.3 is 5.97 Å². The SMILES string of the molecule is COc1ccccc1/C=C1/N=C(c2ccc(I)cc2)OC1=O. The number of nitrogens with zero attached hydrogens (tertiary/aromatic N) is 1. The molecule has 0 saturated carbocycles. The van der Waals surface area contributed by atoms with Crippen LogP contribution in [0.25, 0.3) is 6.08 Å². The monoisotopic (exact) mass is 405 g/mol. The van der Waals surface area contributed by atoms with E-state index >= 15 is 0 Å². The van der Waals surface area contributed by atoms with Gasteiger partial charge in [-0.05, 0) is 59.0 Å². The predicted molar refractivity (Wildman–Crippen MR) is 92.8 cm³/mol. The lowest BCUT2D eigenvalue weighted by atomic mass is 10.1. The van der Waals surface area contributed by atoms with Gasteiger partial charge in [0, 0.05) is 14.7 Å². The standard InChI is InChI=1S/C17H12INO3/c1-21-15-5-3-2-4-12(15)10-14-17(20)22-16(19-14)11-6-8-13(18)9-7-11/h2-10H,1H3/b14-10+. The summed E-state index contributed by atoms with van der Waals surface area (Å²) in [5, 5.41) is 0. The second-order valence-corrected chi connectivity index (χ2v) is 5.83. The molecule has 1 heterocycles. The van der Waals surface area contributed by atoms with Gasteiger partial charge in [0.1, 0.15) is 5.75 Å². The van der Waals surface area contributed by atoms with Crippen molar-refractivity contribution in [2.75, 3.05) is 7.11 Å². The summed E-state index contributed by atoms with van der Waals surface area (Å²) in [5.74, 6) is 0.544. The van der Waals surface area contributed by atoms with Gasteiger partial charge in [-0.1, -0.05) is 18.2 Å². The van der Waals surface area contributed by atoms with Crippen molar-refractivity contribution >= 4 is 40.5 Å². The van der Waals surface area contributed by atoms with Gasteiger partial charge in [-0.3, -0.25) is 0 Å². The van der Waals surface area contributed by atoms with Crippen molar-refractivity contribution in [2.45, 2.75) is 0 Å². The second kappa shape index (κ2) is 6.31. The van der Waals surface area contributed by atoms with Crippen LogP contribution in [0.5, 0.6) is 5.75 Å². The Labute approximate surface area is 141 Å². The second-order valence-electron chi connectivity index (χ2n) is 4.58. The van der Waals surface area contributed by atoms with Gasteiger partial charge in [0.2, 0.25) is 5.90 Å². The molecule has 0 spiro atoms. The number of carbonyl (C=O) groups excluding carboxylic acids is 1. The number of para-hydroxylation sites is 1. The lowest BCUT2D eigenvalue weighted by molar-refractivity contribution is -0.129. The van der Waals surface area contributed by atoms with Crippen molar-refractivity contribution in [1.29, 1.82) is 0 Å². The highest BCUT2D eigenvalue weighted by atomic mass is 127. The van der Waals surface area contributed by atoms with E-state index in [2.05, 4.69) is 27.6 Å². The predicted octanol–water partition coefficient (Wildman–Crippen LogP) is 3.64. The summed E-state index contributed by atoms with van der Waals surface area (Å²) in [7, 11) is 1.59. The number of rotatable bonds is 3. The van der Waals surface area contributed by atoms with E-state index in [0.29, 0.717) is 11.6 Å². The number of carbonyl (C=O) groups is 1. The Kier molecular flexibility index (Phi) is 4.24. The molecule has 5 heteroatoms. The Balaban J connectivity index is 1.96. The highest BCUT2D eigenvalue weighted by molar-refractivity contribution is 14.1. The number of methoxy groups -OCH3 is 1. The molecule has 0 bridgehead atoms. The first-order valence-corrected chi connectivity index (χ1v) is 7.67. The molecule has 0 aromatic heterocycles. The van der Waals surface area contributed by atoms with Crippen LogP contribution in [0.1, 0.15) is 11.1 Å². The number of benzene rings is 2. The van der Waals surface area contributed by atoms with Crippen molar-refractivity contribution in [1.82, 2.24) is 0 Å². The maximum atomic E-state index is 12.0. The normalized spacial score (nSPS) is 15.6. The molecule has 0 saturated heterocycles. The summed E-state index contributed by atoms with van der Waals surface area (Å²) in [6, 6.07) is 15.1. The number of cyclic esters (lactones) is 1. The summed E-state index contributed by atoms with van der Waals surface area (Å²) in [6.45, 7) is 0. The molecule has 3 rings (SSSR count). The zero-order chi connectivity index (χ0) is 15.5. The first-order valence-electron chi connectivity index (χ1n) is 6.59. The summed E-state index contributed by atoms with van der Waals surface area (Å²) < 4.78 is 11.6. The van der Waals surface area contributed by atoms with Gasteiger partial charge in [0.05, 0.1) is 7.11 Å². The van der Waals surface area contributed by atoms with Gasteiger partial charge in [-0.2, -0.15) is 0 Å². The van der Waals surface area contributed by atoms with E-state index < -0.39 is 5.97 Å². The maximum absolute atomic E-state index is 12.0. The third-order valence-corrected chi connectivity index (χ3v) is 3.86. The third-order valence-electron chi connectivity index (χ3n) is 3.14. The lowest BCUT2D eigenvalue weighted by Crippen LogP contribution is -2.05. The Hall–Kier alpha value is -2.15. The average molecular weight is 405 g/mol. The quantitative estimate of drug-likeness (QED) is 0.445. The van der Waals surface area contributed by atoms with Gasteiger partial charge in [-0.25, -0.2) is 9.79 Å². The summed E-state index contributed by atoms with van der Waals surface area (Å²) in [4.78, 5) is 16.3. The maximum Gasteiger partial charge on any atom is 0.363 e. The molecule has 0 fully saturated rings. The van der Waals surface area contributed by atoms with Gasteiger partial charge < -0.3 is 9.47 Å². The molecule has 0 radical (unpaired) electrons. The van der Waals surface area contributed by atoms with Crippen LogP contribution in [0, 0.1) is 3.57 Å². The van der Waals surface area contributed by atoms with Crippen LogP contribution in [-0.2, 0) is 9.53 Å². The molecule has 1 aliphatic heterocycles. The van der Waals surface area contributed by atoms with E-state index in [1.807, 2.05) is 48.5 Å². The number of hydrogen-bond acceptors (Lipinski definition) is 4. The molecular formula is C17H12INO3. The van der Waals surface area contributed by atoms with Crippen molar-refractivity contribution < 1.29 is 14.3 Å². The fourth-order valence-electron chi connectivity index (χ4n) is 2.06. The van der Waals surface area contributed by atoms with E-state index in [1.165, 1.54) is 0 Å². The molecule has 22 heavy (non-hydrogen) atoms. The number of halogens is 1. The summed E-state index contributed by atoms with van der Waals surface area (Å²) in [5.41, 5.74) is 1.82. The van der Waals surface area contributed by atoms with Crippen molar-refractivity contribution in [2.24, 2.45) is 4.99 Å².